The molecule has 0 amide bonds. The fraction of sp³-hybridized carbons (Fsp3) is 0.947. The Labute approximate surface area is 249 Å². The van der Waals surface area contributed by atoms with Crippen LogP contribution >= 0.6 is 0 Å². The van der Waals surface area contributed by atoms with Crippen molar-refractivity contribution in [3.05, 3.63) is 12.7 Å². The van der Waals surface area contributed by atoms with Gasteiger partial charge in [-0.05, 0) is 145 Å². The van der Waals surface area contributed by atoms with E-state index in [-0.39, 0.29) is 5.60 Å². The Morgan fingerprint density at radius 1 is 0.850 bits per heavy atom. The molecule has 2 nitrogen and oxygen atoms in total. The van der Waals surface area contributed by atoms with Crippen molar-refractivity contribution in [1.82, 2.24) is 4.90 Å². The van der Waals surface area contributed by atoms with E-state index in [4.69, 9.17) is 4.74 Å². The van der Waals surface area contributed by atoms with E-state index < -0.39 is 0 Å². The van der Waals surface area contributed by atoms with Gasteiger partial charge in [0.15, 0.2) is 0 Å². The van der Waals surface area contributed by atoms with Crippen molar-refractivity contribution in [3.63, 3.8) is 0 Å². The molecule has 5 rings (SSSR count). The highest BCUT2D eigenvalue weighted by Crippen LogP contribution is 2.67. The second kappa shape index (κ2) is 13.1. The molecule has 4 saturated carbocycles. The van der Waals surface area contributed by atoms with Gasteiger partial charge in [-0.15, -0.1) is 6.58 Å². The number of rotatable bonds is 12. The van der Waals surface area contributed by atoms with E-state index in [0.717, 1.165) is 66.0 Å². The Morgan fingerprint density at radius 2 is 1.60 bits per heavy atom. The van der Waals surface area contributed by atoms with Crippen LogP contribution in [0, 0.1) is 52.8 Å². The van der Waals surface area contributed by atoms with E-state index in [1.165, 1.54) is 109 Å². The molecular weight excluding hydrogens is 486 g/mol. The van der Waals surface area contributed by atoms with Crippen molar-refractivity contribution in [2.45, 2.75) is 161 Å². The van der Waals surface area contributed by atoms with E-state index >= 15 is 0 Å². The summed E-state index contributed by atoms with van der Waals surface area (Å²) in [4.78, 5) is 2.99. The Kier molecular flexibility index (Phi) is 10.2. The zero-order valence-corrected chi connectivity index (χ0v) is 27.6. The van der Waals surface area contributed by atoms with Gasteiger partial charge in [0.1, 0.15) is 0 Å². The van der Waals surface area contributed by atoms with Crippen LogP contribution in [-0.4, -0.2) is 36.2 Å². The van der Waals surface area contributed by atoms with Crippen molar-refractivity contribution in [2.75, 3.05) is 13.7 Å². The zero-order chi connectivity index (χ0) is 28.5. The molecule has 230 valence electrons. The predicted molar refractivity (Wildman–Crippen MR) is 171 cm³/mol. The van der Waals surface area contributed by atoms with Gasteiger partial charge in [-0.2, -0.15) is 0 Å². The first kappa shape index (κ1) is 31.1. The average Bonchev–Trinajstić information content (AvgIpc) is 3.60. The highest BCUT2D eigenvalue weighted by molar-refractivity contribution is 5.16. The first-order valence-electron chi connectivity index (χ1n) is 18.1. The first-order chi connectivity index (χ1) is 19.1. The highest BCUT2D eigenvalue weighted by Gasteiger charge is 2.65. The van der Waals surface area contributed by atoms with Gasteiger partial charge in [0, 0.05) is 18.7 Å². The molecule has 0 N–H and O–H groups in total. The van der Waals surface area contributed by atoms with Crippen molar-refractivity contribution in [2.24, 2.45) is 52.8 Å². The zero-order valence-electron chi connectivity index (χ0n) is 27.6. The van der Waals surface area contributed by atoms with Crippen molar-refractivity contribution >= 4 is 0 Å². The minimum Gasteiger partial charge on any atom is -0.376 e. The molecule has 4 aliphatic carbocycles. The lowest BCUT2D eigenvalue weighted by Crippen LogP contribution is -2.45. The fourth-order valence-corrected chi connectivity index (χ4v) is 11.7. The van der Waals surface area contributed by atoms with Gasteiger partial charge >= 0.3 is 0 Å². The van der Waals surface area contributed by atoms with E-state index in [1.54, 1.807) is 0 Å². The average molecular weight is 554 g/mol. The molecule has 11 atom stereocenters. The standard InChI is InChI=1S/C38H67NO/c1-8-9-23-38(6,29-21-20-28(26-29)16-12-10-11-15-24-40-37(3,4)5)35-30-17-13-14-18-31(30)36-34(35)32-25-27(2)19-22-33(32)39(36)7/h8,27-36H,1,9-26H2,2-7H3. The predicted octanol–water partition coefficient (Wildman–Crippen LogP) is 10.3. The van der Waals surface area contributed by atoms with Gasteiger partial charge in [0.05, 0.1) is 5.60 Å². The third kappa shape index (κ3) is 6.44. The van der Waals surface area contributed by atoms with Crippen LogP contribution in [0.3, 0.4) is 0 Å². The van der Waals surface area contributed by atoms with Gasteiger partial charge in [0.2, 0.25) is 0 Å². The highest BCUT2D eigenvalue weighted by atomic mass is 16.5. The normalized spacial score (nSPS) is 41.4. The van der Waals surface area contributed by atoms with Crippen molar-refractivity contribution in [1.29, 1.82) is 0 Å². The molecule has 1 aliphatic heterocycles. The Balaban J connectivity index is 1.27. The summed E-state index contributed by atoms with van der Waals surface area (Å²) < 4.78 is 5.94. The number of likely N-dealkylation sites (tertiary alicyclic amines) is 1. The van der Waals surface area contributed by atoms with E-state index in [0.29, 0.717) is 5.41 Å². The summed E-state index contributed by atoms with van der Waals surface area (Å²) in [5.74, 6) is 7.72. The minimum absolute atomic E-state index is 0.0120. The maximum atomic E-state index is 5.94. The summed E-state index contributed by atoms with van der Waals surface area (Å²) in [5.41, 5.74) is 0.515. The van der Waals surface area contributed by atoms with Crippen LogP contribution in [0.25, 0.3) is 0 Å². The number of unbranched alkanes of at least 4 members (excludes halogenated alkanes) is 3. The minimum atomic E-state index is 0.0120. The number of fused-ring (bicyclic) bond motifs is 5. The van der Waals surface area contributed by atoms with Crippen LogP contribution in [0.1, 0.15) is 144 Å². The number of hydrogen-bond donors (Lipinski definition) is 0. The Bertz CT molecular complexity index is 815. The van der Waals surface area contributed by atoms with Gasteiger partial charge in [-0.3, -0.25) is 4.90 Å². The maximum Gasteiger partial charge on any atom is 0.0598 e. The molecule has 0 spiro atoms. The second-order valence-electron chi connectivity index (χ2n) is 16.9. The molecule has 0 bridgehead atoms. The first-order valence-corrected chi connectivity index (χ1v) is 18.1. The summed E-state index contributed by atoms with van der Waals surface area (Å²) in [6, 6.07) is 1.77. The molecule has 0 aromatic rings. The molecule has 11 unspecified atom stereocenters. The summed E-state index contributed by atoms with van der Waals surface area (Å²) >= 11 is 0. The van der Waals surface area contributed by atoms with E-state index in [2.05, 4.69) is 59.2 Å². The Hall–Kier alpha value is -0.340. The SMILES string of the molecule is C=CCCC(C)(C1CCC(CCCCCCOC(C)(C)C)C1)C1C2CCCCC2C2C1C1CC(C)CCC1N2C. The fourth-order valence-electron chi connectivity index (χ4n) is 11.7. The number of hydrogen-bond acceptors (Lipinski definition) is 2. The molecule has 0 aromatic carbocycles. The summed E-state index contributed by atoms with van der Waals surface area (Å²) in [6.07, 6.45) is 26.8. The topological polar surface area (TPSA) is 12.5 Å². The molecule has 1 heterocycles. The molecule has 0 radical (unpaired) electrons. The monoisotopic (exact) mass is 554 g/mol. The largest absolute Gasteiger partial charge is 0.376 e. The smallest absolute Gasteiger partial charge is 0.0598 e. The van der Waals surface area contributed by atoms with Crippen LogP contribution in [0.4, 0.5) is 0 Å². The maximum absolute atomic E-state index is 5.94. The van der Waals surface area contributed by atoms with Crippen molar-refractivity contribution in [3.8, 4) is 0 Å². The molecule has 5 fully saturated rings. The summed E-state index contributed by atoms with van der Waals surface area (Å²) in [5, 5.41) is 0. The summed E-state index contributed by atoms with van der Waals surface area (Å²) in [6.45, 7) is 17.1. The van der Waals surface area contributed by atoms with Crippen LogP contribution in [-0.2, 0) is 4.74 Å². The van der Waals surface area contributed by atoms with Gasteiger partial charge in [-0.25, -0.2) is 0 Å². The lowest BCUT2D eigenvalue weighted by Gasteiger charge is -2.50. The second-order valence-corrected chi connectivity index (χ2v) is 16.9. The van der Waals surface area contributed by atoms with Crippen LogP contribution in [0.2, 0.25) is 0 Å². The molecule has 40 heavy (non-hydrogen) atoms. The van der Waals surface area contributed by atoms with Gasteiger partial charge in [-0.1, -0.05) is 64.9 Å². The molecular formula is C38H67NO. The Morgan fingerprint density at radius 3 is 2.35 bits per heavy atom. The van der Waals surface area contributed by atoms with Crippen LogP contribution in [0.15, 0.2) is 12.7 Å². The van der Waals surface area contributed by atoms with Gasteiger partial charge in [0.25, 0.3) is 0 Å². The van der Waals surface area contributed by atoms with Gasteiger partial charge < -0.3 is 4.74 Å². The van der Waals surface area contributed by atoms with Crippen molar-refractivity contribution < 1.29 is 4.74 Å². The van der Waals surface area contributed by atoms with Crippen LogP contribution in [0.5, 0.6) is 0 Å². The number of allylic oxidation sites excluding steroid dienone is 1. The molecule has 5 aliphatic rings. The molecule has 0 aromatic heterocycles. The summed E-state index contributed by atoms with van der Waals surface area (Å²) in [7, 11) is 2.56. The van der Waals surface area contributed by atoms with E-state index in [9.17, 15) is 0 Å². The number of nitrogens with zero attached hydrogens (tertiary/aromatic N) is 1. The van der Waals surface area contributed by atoms with E-state index in [1.807, 2.05) is 0 Å². The molecule has 2 heteroatoms. The molecule has 1 saturated heterocycles. The lowest BCUT2D eigenvalue weighted by molar-refractivity contribution is -0.00943. The third-order valence-corrected chi connectivity index (χ3v) is 13.4. The quantitative estimate of drug-likeness (QED) is 0.176. The third-order valence-electron chi connectivity index (χ3n) is 13.4. The number of ether oxygens (including phenoxy) is 1. The van der Waals surface area contributed by atoms with Crippen LogP contribution < -0.4 is 0 Å². The lowest BCUT2D eigenvalue weighted by atomic mass is 9.55.